The van der Waals surface area contributed by atoms with Crippen molar-refractivity contribution in [1.82, 2.24) is 0 Å². The van der Waals surface area contributed by atoms with E-state index in [0.717, 1.165) is 5.56 Å². The molecular formula is C16H12N2O2S. The molecule has 0 unspecified atom stereocenters. The van der Waals surface area contributed by atoms with Crippen molar-refractivity contribution in [1.29, 1.82) is 0 Å². The van der Waals surface area contributed by atoms with Gasteiger partial charge in [-0.05, 0) is 37.1 Å². The molecule has 0 saturated carbocycles. The molecule has 0 saturated heterocycles. The predicted molar refractivity (Wildman–Crippen MR) is 80.3 cm³/mol. The molecule has 2 rings (SSSR count). The summed E-state index contributed by atoms with van der Waals surface area (Å²) >= 11 is 0. The molecule has 0 atom stereocenters. The second-order valence-electron chi connectivity index (χ2n) is 4.63. The van der Waals surface area contributed by atoms with Gasteiger partial charge in [-0.3, -0.25) is 0 Å². The Morgan fingerprint density at radius 2 is 1.62 bits per heavy atom. The lowest BCUT2D eigenvalue weighted by molar-refractivity contribution is 0.595. The van der Waals surface area contributed by atoms with Gasteiger partial charge in [-0.1, -0.05) is 24.3 Å². The first kappa shape index (κ1) is 14.8. The van der Waals surface area contributed by atoms with Crippen molar-refractivity contribution < 1.29 is 8.42 Å². The number of rotatable bonds is 2. The van der Waals surface area contributed by atoms with E-state index in [1.165, 1.54) is 24.3 Å². The number of nitrogens with zero attached hydrogens (tertiary/aromatic N) is 2. The first-order chi connectivity index (χ1) is 9.90. The first-order valence-electron chi connectivity index (χ1n) is 6.11. The first-order valence-corrected chi connectivity index (χ1v) is 7.60. The quantitative estimate of drug-likeness (QED) is 0.778. The lowest BCUT2D eigenvalue weighted by Gasteiger charge is -2.09. The van der Waals surface area contributed by atoms with Crippen LogP contribution in [0.3, 0.4) is 0 Å². The van der Waals surface area contributed by atoms with E-state index in [9.17, 15) is 8.42 Å². The third-order valence-electron chi connectivity index (χ3n) is 3.19. The third-order valence-corrected chi connectivity index (χ3v) is 5.10. The Bertz CT molecular complexity index is 901. The number of aryl methyl sites for hydroxylation is 2. The SMILES string of the molecule is [C-]#[N+]c1ccc(S(=O)(=O)c2ccc(C)c([N+]#[C-])c2)c(C)c1. The van der Waals surface area contributed by atoms with Gasteiger partial charge in [0.2, 0.25) is 9.84 Å². The molecule has 0 aliphatic heterocycles. The highest BCUT2D eigenvalue weighted by Crippen LogP contribution is 2.30. The second-order valence-corrected chi connectivity index (χ2v) is 6.54. The van der Waals surface area contributed by atoms with Crippen molar-refractivity contribution in [3.05, 3.63) is 70.4 Å². The Balaban J connectivity index is 2.63. The van der Waals surface area contributed by atoms with Crippen LogP contribution in [0.1, 0.15) is 11.1 Å². The summed E-state index contributed by atoms with van der Waals surface area (Å²) in [5.41, 5.74) is 1.99. The second kappa shape index (κ2) is 5.40. The van der Waals surface area contributed by atoms with Gasteiger partial charge in [-0.2, -0.15) is 0 Å². The maximum atomic E-state index is 12.7. The summed E-state index contributed by atoms with van der Waals surface area (Å²) < 4.78 is 25.3. The zero-order valence-corrected chi connectivity index (χ0v) is 12.4. The van der Waals surface area contributed by atoms with Gasteiger partial charge in [0.15, 0.2) is 11.4 Å². The largest absolute Gasteiger partial charge is 0.238 e. The van der Waals surface area contributed by atoms with Gasteiger partial charge >= 0.3 is 0 Å². The highest BCUT2D eigenvalue weighted by molar-refractivity contribution is 7.91. The molecule has 0 radical (unpaired) electrons. The van der Waals surface area contributed by atoms with Gasteiger partial charge in [-0.25, -0.2) is 18.1 Å². The molecule has 104 valence electrons. The van der Waals surface area contributed by atoms with Crippen molar-refractivity contribution in [2.75, 3.05) is 0 Å². The van der Waals surface area contributed by atoms with E-state index in [1.54, 1.807) is 26.0 Å². The summed E-state index contributed by atoms with van der Waals surface area (Å²) in [7, 11) is -3.69. The lowest BCUT2D eigenvalue weighted by atomic mass is 10.2. The van der Waals surface area contributed by atoms with Crippen molar-refractivity contribution >= 4 is 21.2 Å². The molecule has 0 fully saturated rings. The van der Waals surface area contributed by atoms with E-state index < -0.39 is 9.84 Å². The van der Waals surface area contributed by atoms with Crippen molar-refractivity contribution in [3.63, 3.8) is 0 Å². The van der Waals surface area contributed by atoms with Crippen molar-refractivity contribution in [2.45, 2.75) is 23.6 Å². The molecule has 0 aromatic heterocycles. The van der Waals surface area contributed by atoms with Crippen molar-refractivity contribution in [2.24, 2.45) is 0 Å². The fraction of sp³-hybridized carbons (Fsp3) is 0.125. The van der Waals surface area contributed by atoms with E-state index in [2.05, 4.69) is 9.69 Å². The summed E-state index contributed by atoms with van der Waals surface area (Å²) in [5, 5.41) is 0. The fourth-order valence-corrected chi connectivity index (χ4v) is 3.51. The Hall–Kier alpha value is -2.63. The highest BCUT2D eigenvalue weighted by Gasteiger charge is 2.20. The van der Waals surface area contributed by atoms with Gasteiger partial charge in [-0.15, -0.1) is 0 Å². The predicted octanol–water partition coefficient (Wildman–Crippen LogP) is 4.24. The lowest BCUT2D eigenvalue weighted by Crippen LogP contribution is -2.04. The minimum absolute atomic E-state index is 0.0952. The van der Waals surface area contributed by atoms with Gasteiger partial charge < -0.3 is 0 Å². The number of benzene rings is 2. The van der Waals surface area contributed by atoms with Gasteiger partial charge in [0, 0.05) is 0 Å². The molecule has 0 N–H and O–H groups in total. The average molecular weight is 296 g/mol. The van der Waals surface area contributed by atoms with Crippen LogP contribution in [0.25, 0.3) is 9.69 Å². The molecule has 21 heavy (non-hydrogen) atoms. The Morgan fingerprint density at radius 3 is 2.19 bits per heavy atom. The van der Waals surface area contributed by atoms with Crippen LogP contribution < -0.4 is 0 Å². The molecule has 0 aliphatic carbocycles. The number of hydrogen-bond donors (Lipinski definition) is 0. The third kappa shape index (κ3) is 2.65. The van der Waals surface area contributed by atoms with E-state index in [0.29, 0.717) is 16.9 Å². The van der Waals surface area contributed by atoms with Gasteiger partial charge in [0.1, 0.15) is 0 Å². The topological polar surface area (TPSA) is 42.9 Å². The van der Waals surface area contributed by atoms with Crippen molar-refractivity contribution in [3.8, 4) is 0 Å². The van der Waals surface area contributed by atoms with Crippen LogP contribution in [0, 0.1) is 27.0 Å². The van der Waals surface area contributed by atoms with Crippen LogP contribution in [0.2, 0.25) is 0 Å². The van der Waals surface area contributed by atoms with Crippen LogP contribution in [0.5, 0.6) is 0 Å². The zero-order chi connectivity index (χ0) is 15.6. The molecule has 5 heteroatoms. The van der Waals surface area contributed by atoms with Crippen LogP contribution >= 0.6 is 0 Å². The maximum Gasteiger partial charge on any atom is 0.205 e. The number of sulfone groups is 1. The molecule has 0 spiro atoms. The van der Waals surface area contributed by atoms with Crippen LogP contribution in [-0.4, -0.2) is 8.42 Å². The summed E-state index contributed by atoms with van der Waals surface area (Å²) in [5.74, 6) is 0. The fourth-order valence-electron chi connectivity index (χ4n) is 2.01. The normalized spacial score (nSPS) is 10.7. The summed E-state index contributed by atoms with van der Waals surface area (Å²) in [4.78, 5) is 6.87. The Kier molecular flexibility index (Phi) is 3.80. The van der Waals surface area contributed by atoms with Gasteiger partial charge in [0.05, 0.1) is 22.9 Å². The maximum absolute atomic E-state index is 12.7. The highest BCUT2D eigenvalue weighted by atomic mass is 32.2. The molecule has 0 aliphatic rings. The van der Waals surface area contributed by atoms with Crippen LogP contribution in [0.4, 0.5) is 11.4 Å². The standard InChI is InChI=1S/C16H12N2O2S/c1-11-5-7-14(10-15(11)18-4)21(19,20)16-8-6-13(17-3)9-12(16)2/h5-10H,1-2H3. The molecule has 0 bridgehead atoms. The van der Waals surface area contributed by atoms with E-state index in [-0.39, 0.29) is 9.79 Å². The Labute approximate surface area is 124 Å². The molecule has 2 aromatic carbocycles. The monoisotopic (exact) mass is 296 g/mol. The molecule has 0 heterocycles. The Morgan fingerprint density at radius 1 is 0.905 bits per heavy atom. The summed E-state index contributed by atoms with van der Waals surface area (Å²) in [6.45, 7) is 17.5. The number of hydrogen-bond acceptors (Lipinski definition) is 2. The molecule has 2 aromatic rings. The minimum Gasteiger partial charge on any atom is -0.238 e. The molecule has 0 amide bonds. The molecule has 4 nitrogen and oxygen atoms in total. The van der Waals surface area contributed by atoms with E-state index in [4.69, 9.17) is 13.1 Å². The van der Waals surface area contributed by atoms with Crippen LogP contribution in [-0.2, 0) is 9.84 Å². The smallest absolute Gasteiger partial charge is 0.205 e. The van der Waals surface area contributed by atoms with Gasteiger partial charge in [0.25, 0.3) is 0 Å². The molecular weight excluding hydrogens is 284 g/mol. The summed E-state index contributed by atoms with van der Waals surface area (Å²) in [6, 6.07) is 8.99. The van der Waals surface area contributed by atoms with E-state index in [1.807, 2.05) is 0 Å². The average Bonchev–Trinajstić information content (AvgIpc) is 2.47. The minimum atomic E-state index is -3.69. The van der Waals surface area contributed by atoms with E-state index >= 15 is 0 Å². The zero-order valence-electron chi connectivity index (χ0n) is 11.6. The summed E-state index contributed by atoms with van der Waals surface area (Å²) in [6.07, 6.45) is 0. The van der Waals surface area contributed by atoms with Crippen LogP contribution in [0.15, 0.2) is 46.2 Å².